The van der Waals surface area contributed by atoms with Crippen LogP contribution in [0.4, 0.5) is 0 Å². The molecule has 20 heavy (non-hydrogen) atoms. The highest BCUT2D eigenvalue weighted by molar-refractivity contribution is 6.29. The van der Waals surface area contributed by atoms with Crippen LogP contribution in [0.2, 0.25) is 5.15 Å². The van der Waals surface area contributed by atoms with Crippen LogP contribution < -0.4 is 0 Å². The van der Waals surface area contributed by atoms with Gasteiger partial charge in [-0.25, -0.2) is 9.50 Å². The molecule has 0 saturated heterocycles. The van der Waals surface area contributed by atoms with Crippen LogP contribution in [0.1, 0.15) is 25.0 Å². The zero-order valence-corrected chi connectivity index (χ0v) is 11.5. The number of fused-ring (bicyclic) bond motifs is 1. The van der Waals surface area contributed by atoms with Crippen molar-refractivity contribution in [1.82, 2.24) is 14.6 Å². The van der Waals surface area contributed by atoms with Gasteiger partial charge >= 0.3 is 5.97 Å². The molecule has 2 rings (SSSR count). The van der Waals surface area contributed by atoms with E-state index in [1.165, 1.54) is 10.7 Å². The van der Waals surface area contributed by atoms with E-state index in [9.17, 15) is 15.0 Å². The lowest BCUT2D eigenvalue weighted by Gasteiger charge is -2.15. The predicted octanol–water partition coefficient (Wildman–Crippen LogP) is 0.730. The van der Waals surface area contributed by atoms with Crippen molar-refractivity contribution in [2.24, 2.45) is 0 Å². The molecule has 0 fully saturated rings. The molecule has 8 heteroatoms. The van der Waals surface area contributed by atoms with E-state index in [4.69, 9.17) is 16.3 Å². The fourth-order valence-electron chi connectivity index (χ4n) is 1.78. The minimum absolute atomic E-state index is 0.218. The van der Waals surface area contributed by atoms with Gasteiger partial charge in [0, 0.05) is 11.8 Å². The molecule has 0 amide bonds. The summed E-state index contributed by atoms with van der Waals surface area (Å²) in [6.45, 7) is 1.88. The number of aromatic nitrogens is 3. The molecule has 2 aromatic heterocycles. The smallest absolute Gasteiger partial charge is 0.308 e. The van der Waals surface area contributed by atoms with E-state index in [-0.39, 0.29) is 18.2 Å². The van der Waals surface area contributed by atoms with Gasteiger partial charge < -0.3 is 14.9 Å². The van der Waals surface area contributed by atoms with Crippen LogP contribution in [0.5, 0.6) is 0 Å². The summed E-state index contributed by atoms with van der Waals surface area (Å²) in [6.07, 6.45) is 0.0363. The molecule has 0 bridgehead atoms. The molecule has 2 heterocycles. The van der Waals surface area contributed by atoms with E-state index >= 15 is 0 Å². The van der Waals surface area contributed by atoms with E-state index in [0.29, 0.717) is 11.2 Å². The number of carbonyl (C=O) groups is 1. The van der Waals surface area contributed by atoms with E-state index in [1.807, 2.05) is 0 Å². The quantitative estimate of drug-likeness (QED) is 0.624. The fourth-order valence-corrected chi connectivity index (χ4v) is 1.92. The van der Waals surface area contributed by atoms with Gasteiger partial charge in [0.1, 0.15) is 11.3 Å². The standard InChI is InChI=1S/C12H14ClN3O4/c1-2-20-10(18)5-8(17)11(19)7-6-14-16-4-3-9(13)15-12(7)16/h3-4,6,8,11,17,19H,2,5H2,1H3. The summed E-state index contributed by atoms with van der Waals surface area (Å²) < 4.78 is 6.14. The van der Waals surface area contributed by atoms with Crippen LogP contribution in [0.3, 0.4) is 0 Å². The minimum Gasteiger partial charge on any atom is -0.466 e. The van der Waals surface area contributed by atoms with Crippen molar-refractivity contribution in [2.75, 3.05) is 6.61 Å². The molecule has 108 valence electrons. The number of halogens is 1. The number of hydrogen-bond donors (Lipinski definition) is 2. The highest BCUT2D eigenvalue weighted by Gasteiger charge is 2.25. The first kappa shape index (κ1) is 14.7. The van der Waals surface area contributed by atoms with Crippen LogP contribution in [0.25, 0.3) is 5.65 Å². The zero-order valence-electron chi connectivity index (χ0n) is 10.7. The Bertz CT molecular complexity index is 616. The molecule has 0 aliphatic carbocycles. The summed E-state index contributed by atoms with van der Waals surface area (Å²) in [4.78, 5) is 15.3. The molecule has 7 nitrogen and oxygen atoms in total. The Kier molecular flexibility index (Phi) is 4.53. The third-order valence-electron chi connectivity index (χ3n) is 2.73. The second-order valence-electron chi connectivity index (χ2n) is 4.14. The predicted molar refractivity (Wildman–Crippen MR) is 70.2 cm³/mol. The van der Waals surface area contributed by atoms with Crippen molar-refractivity contribution in [3.63, 3.8) is 0 Å². The van der Waals surface area contributed by atoms with Gasteiger partial charge in [-0.15, -0.1) is 0 Å². The largest absolute Gasteiger partial charge is 0.466 e. The Morgan fingerprint density at radius 1 is 1.55 bits per heavy atom. The molecule has 0 aliphatic heterocycles. The lowest BCUT2D eigenvalue weighted by atomic mass is 10.1. The summed E-state index contributed by atoms with van der Waals surface area (Å²) in [5.74, 6) is -0.582. The van der Waals surface area contributed by atoms with Gasteiger partial charge in [0.15, 0.2) is 5.65 Å². The van der Waals surface area contributed by atoms with Gasteiger partial charge in [-0.05, 0) is 13.0 Å². The van der Waals surface area contributed by atoms with E-state index in [2.05, 4.69) is 10.1 Å². The lowest BCUT2D eigenvalue weighted by Crippen LogP contribution is -2.23. The molecular formula is C12H14ClN3O4. The fraction of sp³-hybridized carbons (Fsp3) is 0.417. The maximum absolute atomic E-state index is 11.3. The van der Waals surface area contributed by atoms with Crippen LogP contribution >= 0.6 is 11.6 Å². The van der Waals surface area contributed by atoms with Crippen LogP contribution in [0.15, 0.2) is 18.5 Å². The number of nitrogens with zero attached hydrogens (tertiary/aromatic N) is 3. The molecule has 0 aromatic carbocycles. The van der Waals surface area contributed by atoms with Crippen LogP contribution in [-0.4, -0.2) is 43.5 Å². The first-order valence-corrected chi connectivity index (χ1v) is 6.42. The van der Waals surface area contributed by atoms with Crippen molar-refractivity contribution in [3.8, 4) is 0 Å². The molecule has 0 radical (unpaired) electrons. The summed E-state index contributed by atoms with van der Waals surface area (Å²) in [7, 11) is 0. The van der Waals surface area contributed by atoms with Crippen molar-refractivity contribution in [2.45, 2.75) is 25.6 Å². The van der Waals surface area contributed by atoms with Gasteiger partial charge in [-0.2, -0.15) is 5.10 Å². The van der Waals surface area contributed by atoms with Crippen molar-refractivity contribution >= 4 is 23.2 Å². The Morgan fingerprint density at radius 2 is 2.30 bits per heavy atom. The van der Waals surface area contributed by atoms with Gasteiger partial charge in [0.2, 0.25) is 0 Å². The first-order valence-electron chi connectivity index (χ1n) is 6.04. The van der Waals surface area contributed by atoms with Crippen molar-refractivity contribution < 1.29 is 19.7 Å². The third kappa shape index (κ3) is 3.06. The maximum atomic E-state index is 11.3. The Balaban J connectivity index is 2.20. The average Bonchev–Trinajstić information content (AvgIpc) is 2.80. The number of aliphatic hydroxyl groups is 2. The van der Waals surface area contributed by atoms with Gasteiger partial charge in [-0.1, -0.05) is 11.6 Å². The second kappa shape index (κ2) is 6.17. The summed E-state index contributed by atoms with van der Waals surface area (Å²) in [5, 5.41) is 24.2. The molecule has 0 aliphatic rings. The van der Waals surface area contributed by atoms with Gasteiger partial charge in [-0.3, -0.25) is 4.79 Å². The highest BCUT2D eigenvalue weighted by atomic mass is 35.5. The Morgan fingerprint density at radius 3 is 3.00 bits per heavy atom. The van der Waals surface area contributed by atoms with Crippen LogP contribution in [-0.2, 0) is 9.53 Å². The summed E-state index contributed by atoms with van der Waals surface area (Å²) in [5.41, 5.74) is 0.622. The first-order chi connectivity index (χ1) is 9.52. The number of esters is 1. The number of aliphatic hydroxyl groups excluding tert-OH is 2. The molecular weight excluding hydrogens is 286 g/mol. The Hall–Kier alpha value is -1.70. The monoisotopic (exact) mass is 299 g/mol. The molecule has 0 saturated carbocycles. The zero-order chi connectivity index (χ0) is 14.7. The topological polar surface area (TPSA) is 97.0 Å². The van der Waals surface area contributed by atoms with Gasteiger partial charge in [0.05, 0.1) is 25.3 Å². The van der Waals surface area contributed by atoms with Crippen LogP contribution in [0, 0.1) is 0 Å². The van der Waals surface area contributed by atoms with Crippen molar-refractivity contribution in [1.29, 1.82) is 0 Å². The molecule has 0 spiro atoms. The average molecular weight is 300 g/mol. The molecule has 2 aromatic rings. The summed E-state index contributed by atoms with van der Waals surface area (Å²) >= 11 is 5.79. The number of ether oxygens (including phenoxy) is 1. The lowest BCUT2D eigenvalue weighted by molar-refractivity contribution is -0.147. The molecule has 2 N–H and O–H groups in total. The highest BCUT2D eigenvalue weighted by Crippen LogP contribution is 2.23. The SMILES string of the molecule is CCOC(=O)CC(O)C(O)c1cnn2ccc(Cl)nc12. The number of rotatable bonds is 5. The summed E-state index contributed by atoms with van der Waals surface area (Å²) in [6, 6.07) is 1.55. The number of hydrogen-bond acceptors (Lipinski definition) is 6. The second-order valence-corrected chi connectivity index (χ2v) is 4.53. The minimum atomic E-state index is -1.30. The van der Waals surface area contributed by atoms with Crippen molar-refractivity contribution in [3.05, 3.63) is 29.2 Å². The molecule has 2 atom stereocenters. The van der Waals surface area contributed by atoms with E-state index in [1.54, 1.807) is 19.2 Å². The third-order valence-corrected chi connectivity index (χ3v) is 2.94. The van der Waals surface area contributed by atoms with Gasteiger partial charge in [0.25, 0.3) is 0 Å². The Labute approximate surface area is 119 Å². The maximum Gasteiger partial charge on any atom is 0.308 e. The van der Waals surface area contributed by atoms with E-state index in [0.717, 1.165) is 0 Å². The number of carbonyl (C=O) groups excluding carboxylic acids is 1. The normalized spacial score (nSPS) is 14.2. The van der Waals surface area contributed by atoms with E-state index < -0.39 is 18.2 Å². The molecule has 2 unspecified atom stereocenters.